The summed E-state index contributed by atoms with van der Waals surface area (Å²) in [5.74, 6) is 1.47. The number of carbonyl (C=O) groups excluding carboxylic acids is 1. The van der Waals surface area contributed by atoms with Gasteiger partial charge in [0.15, 0.2) is 0 Å². The van der Waals surface area contributed by atoms with Gasteiger partial charge in [-0.05, 0) is 55.5 Å². The van der Waals surface area contributed by atoms with Gasteiger partial charge in [0.05, 0.1) is 17.2 Å². The fourth-order valence-corrected chi connectivity index (χ4v) is 4.19. The summed E-state index contributed by atoms with van der Waals surface area (Å²) in [6.07, 6.45) is 1.55. The lowest BCUT2D eigenvalue weighted by molar-refractivity contribution is 0.0746. The molecule has 0 radical (unpaired) electrons. The van der Waals surface area contributed by atoms with Gasteiger partial charge in [-0.1, -0.05) is 0 Å². The number of anilines is 1. The van der Waals surface area contributed by atoms with Crippen LogP contribution in [0.15, 0.2) is 65.8 Å². The SMILES string of the molecule is CCOc1ccc(-c2cc(N3CCN(C(=O)c4ccc(S(N)(=O)=O)cc4)CC3)ncn2)cc1. The quantitative estimate of drug-likeness (QED) is 0.590. The van der Waals surface area contributed by atoms with Crippen LogP contribution in [0.25, 0.3) is 11.3 Å². The van der Waals surface area contributed by atoms with Crippen molar-refractivity contribution in [3.8, 4) is 17.0 Å². The standard InChI is InChI=1S/C23H25N5O4S/c1-2-32-19-7-3-17(4-8-19)21-15-22(26-16-25-21)27-11-13-28(14-12-27)23(29)18-5-9-20(10-6-18)33(24,30)31/h3-10,15-16H,2,11-14H2,1H3,(H2,24,30,31). The lowest BCUT2D eigenvalue weighted by atomic mass is 10.1. The highest BCUT2D eigenvalue weighted by Crippen LogP contribution is 2.24. The average Bonchev–Trinajstić information content (AvgIpc) is 2.84. The maximum atomic E-state index is 12.8. The number of primary sulfonamides is 1. The van der Waals surface area contributed by atoms with Crippen LogP contribution in [0.3, 0.4) is 0 Å². The molecule has 0 spiro atoms. The summed E-state index contributed by atoms with van der Waals surface area (Å²) in [5.41, 5.74) is 2.21. The number of aromatic nitrogens is 2. The van der Waals surface area contributed by atoms with E-state index in [9.17, 15) is 13.2 Å². The highest BCUT2D eigenvalue weighted by molar-refractivity contribution is 7.89. The van der Waals surface area contributed by atoms with Crippen LogP contribution in [0.2, 0.25) is 0 Å². The van der Waals surface area contributed by atoms with Gasteiger partial charge in [-0.2, -0.15) is 0 Å². The largest absolute Gasteiger partial charge is 0.494 e. The maximum Gasteiger partial charge on any atom is 0.253 e. The average molecular weight is 468 g/mol. The molecule has 3 aromatic rings. The molecule has 1 aliphatic rings. The zero-order valence-corrected chi connectivity index (χ0v) is 19.0. The Labute approximate surface area is 192 Å². The number of sulfonamides is 1. The molecule has 172 valence electrons. The van der Waals surface area contributed by atoms with E-state index in [1.807, 2.05) is 37.3 Å². The second-order valence-corrected chi connectivity index (χ2v) is 9.13. The molecular weight excluding hydrogens is 442 g/mol. The number of piperazine rings is 1. The molecule has 33 heavy (non-hydrogen) atoms. The Hall–Kier alpha value is -3.50. The molecule has 0 unspecified atom stereocenters. The van der Waals surface area contributed by atoms with Crippen molar-refractivity contribution in [2.24, 2.45) is 5.14 Å². The number of rotatable bonds is 6. The molecule has 2 N–H and O–H groups in total. The zero-order valence-electron chi connectivity index (χ0n) is 18.2. The molecule has 1 fully saturated rings. The van der Waals surface area contributed by atoms with E-state index in [-0.39, 0.29) is 10.8 Å². The minimum absolute atomic E-state index is 0.0176. The van der Waals surface area contributed by atoms with Crippen molar-refractivity contribution in [1.82, 2.24) is 14.9 Å². The van der Waals surface area contributed by atoms with E-state index in [4.69, 9.17) is 9.88 Å². The summed E-state index contributed by atoms with van der Waals surface area (Å²) in [7, 11) is -3.79. The summed E-state index contributed by atoms with van der Waals surface area (Å²) >= 11 is 0. The summed E-state index contributed by atoms with van der Waals surface area (Å²) in [6, 6.07) is 15.4. The number of hydrogen-bond acceptors (Lipinski definition) is 7. The second-order valence-electron chi connectivity index (χ2n) is 7.57. The van der Waals surface area contributed by atoms with Crippen LogP contribution in [0, 0.1) is 0 Å². The van der Waals surface area contributed by atoms with Crippen molar-refractivity contribution in [3.05, 3.63) is 66.5 Å². The highest BCUT2D eigenvalue weighted by Gasteiger charge is 2.23. The third-order valence-electron chi connectivity index (χ3n) is 5.43. The molecule has 9 nitrogen and oxygen atoms in total. The van der Waals surface area contributed by atoms with E-state index >= 15 is 0 Å². The number of nitrogens with two attached hydrogens (primary N) is 1. The van der Waals surface area contributed by atoms with Crippen LogP contribution in [0.1, 0.15) is 17.3 Å². The highest BCUT2D eigenvalue weighted by atomic mass is 32.2. The third-order valence-corrected chi connectivity index (χ3v) is 6.36. The van der Waals surface area contributed by atoms with Crippen LogP contribution >= 0.6 is 0 Å². The van der Waals surface area contributed by atoms with E-state index in [0.717, 1.165) is 22.8 Å². The Balaban J connectivity index is 1.40. The van der Waals surface area contributed by atoms with Crippen molar-refractivity contribution in [2.75, 3.05) is 37.7 Å². The van der Waals surface area contributed by atoms with Crippen LogP contribution in [0.4, 0.5) is 5.82 Å². The fourth-order valence-electron chi connectivity index (χ4n) is 3.67. The first-order chi connectivity index (χ1) is 15.8. The Morgan fingerprint density at radius 2 is 1.67 bits per heavy atom. The van der Waals surface area contributed by atoms with E-state index in [0.29, 0.717) is 38.3 Å². The van der Waals surface area contributed by atoms with Crippen LogP contribution in [0.5, 0.6) is 5.75 Å². The summed E-state index contributed by atoms with van der Waals surface area (Å²) in [5, 5.41) is 5.12. The van der Waals surface area contributed by atoms with Crippen molar-refractivity contribution < 1.29 is 17.9 Å². The summed E-state index contributed by atoms with van der Waals surface area (Å²) in [4.78, 5) is 25.5. The first kappa shape index (κ1) is 22.7. The predicted molar refractivity (Wildman–Crippen MR) is 125 cm³/mol. The van der Waals surface area contributed by atoms with E-state index in [1.165, 1.54) is 24.3 Å². The van der Waals surface area contributed by atoms with Gasteiger partial charge in [0.2, 0.25) is 10.0 Å². The van der Waals surface area contributed by atoms with E-state index in [1.54, 1.807) is 11.2 Å². The van der Waals surface area contributed by atoms with Gasteiger partial charge in [0.25, 0.3) is 5.91 Å². The van der Waals surface area contributed by atoms with Crippen molar-refractivity contribution in [1.29, 1.82) is 0 Å². The van der Waals surface area contributed by atoms with Gasteiger partial charge in [-0.25, -0.2) is 23.5 Å². The second kappa shape index (κ2) is 9.55. The molecule has 0 aliphatic carbocycles. The molecule has 10 heteroatoms. The molecule has 1 saturated heterocycles. The minimum atomic E-state index is -3.79. The Bertz CT molecular complexity index is 1220. The Kier molecular flexibility index (Phi) is 6.57. The number of ether oxygens (including phenoxy) is 1. The monoisotopic (exact) mass is 467 g/mol. The molecule has 2 heterocycles. The van der Waals surface area contributed by atoms with Gasteiger partial charge in [0, 0.05) is 43.4 Å². The number of nitrogens with zero attached hydrogens (tertiary/aromatic N) is 4. The minimum Gasteiger partial charge on any atom is -0.494 e. The molecule has 0 atom stereocenters. The van der Waals surface area contributed by atoms with Crippen LogP contribution in [-0.4, -0.2) is 62.0 Å². The van der Waals surface area contributed by atoms with Crippen molar-refractivity contribution in [3.63, 3.8) is 0 Å². The lowest BCUT2D eigenvalue weighted by Gasteiger charge is -2.35. The van der Waals surface area contributed by atoms with Gasteiger partial charge in [-0.15, -0.1) is 0 Å². The first-order valence-electron chi connectivity index (χ1n) is 10.6. The van der Waals surface area contributed by atoms with Gasteiger partial charge in [0.1, 0.15) is 17.9 Å². The zero-order chi connectivity index (χ0) is 23.4. The molecule has 4 rings (SSSR count). The van der Waals surface area contributed by atoms with E-state index < -0.39 is 10.0 Å². The number of hydrogen-bond donors (Lipinski definition) is 1. The molecule has 1 amide bonds. The predicted octanol–water partition coefficient (Wildman–Crippen LogP) is 2.15. The van der Waals surface area contributed by atoms with Crippen molar-refractivity contribution in [2.45, 2.75) is 11.8 Å². The topological polar surface area (TPSA) is 119 Å². The van der Waals surface area contributed by atoms with E-state index in [2.05, 4.69) is 14.9 Å². The fraction of sp³-hybridized carbons (Fsp3) is 0.261. The molecule has 2 aromatic carbocycles. The molecule has 1 aromatic heterocycles. The summed E-state index contributed by atoms with van der Waals surface area (Å²) < 4.78 is 28.3. The van der Waals surface area contributed by atoms with Crippen molar-refractivity contribution >= 4 is 21.7 Å². The van der Waals surface area contributed by atoms with Gasteiger partial charge < -0.3 is 14.5 Å². The van der Waals surface area contributed by atoms with Gasteiger partial charge in [-0.3, -0.25) is 4.79 Å². The lowest BCUT2D eigenvalue weighted by Crippen LogP contribution is -2.49. The third kappa shape index (κ3) is 5.29. The van der Waals surface area contributed by atoms with Crippen LogP contribution in [-0.2, 0) is 10.0 Å². The normalized spacial score (nSPS) is 14.2. The smallest absolute Gasteiger partial charge is 0.253 e. The van der Waals surface area contributed by atoms with Crippen LogP contribution < -0.4 is 14.8 Å². The maximum absolute atomic E-state index is 12.8. The van der Waals surface area contributed by atoms with Gasteiger partial charge >= 0.3 is 0 Å². The molecule has 1 aliphatic heterocycles. The Morgan fingerprint density at radius 1 is 1.00 bits per heavy atom. The number of amides is 1. The summed E-state index contributed by atoms with van der Waals surface area (Å²) in [6.45, 7) is 4.87. The molecule has 0 saturated carbocycles. The Morgan fingerprint density at radius 3 is 2.27 bits per heavy atom. The molecule has 0 bridgehead atoms. The number of benzene rings is 2. The first-order valence-corrected chi connectivity index (χ1v) is 12.1. The number of carbonyl (C=O) groups is 1. The molecular formula is C23H25N5O4S.